The standard InChI is InChI=1S/C8H10F2N4O/c9-8(10)4-14(3-5(8)15)7-12-2-1-6(11)13-7/h1-2,5,15H,3-4H2,(H2,11,12,13). The molecule has 1 saturated heterocycles. The van der Waals surface area contributed by atoms with Crippen molar-refractivity contribution >= 4 is 11.8 Å². The van der Waals surface area contributed by atoms with E-state index >= 15 is 0 Å². The highest BCUT2D eigenvalue weighted by molar-refractivity contribution is 5.39. The number of anilines is 2. The van der Waals surface area contributed by atoms with Crippen LogP contribution < -0.4 is 10.6 Å². The lowest BCUT2D eigenvalue weighted by atomic mass is 10.2. The van der Waals surface area contributed by atoms with E-state index in [-0.39, 0.29) is 18.3 Å². The Hall–Kier alpha value is -1.50. The zero-order chi connectivity index (χ0) is 11.1. The van der Waals surface area contributed by atoms with E-state index in [1.165, 1.54) is 17.2 Å². The highest BCUT2D eigenvalue weighted by atomic mass is 19.3. The van der Waals surface area contributed by atoms with Crippen molar-refractivity contribution in [1.82, 2.24) is 9.97 Å². The Morgan fingerprint density at radius 3 is 2.87 bits per heavy atom. The molecule has 5 nitrogen and oxygen atoms in total. The fourth-order valence-electron chi connectivity index (χ4n) is 1.43. The Balaban J connectivity index is 2.21. The molecule has 7 heteroatoms. The maximum atomic E-state index is 13.0. The molecule has 1 atom stereocenters. The monoisotopic (exact) mass is 216 g/mol. The third-order valence-corrected chi connectivity index (χ3v) is 2.23. The van der Waals surface area contributed by atoms with Crippen LogP contribution in [0.2, 0.25) is 0 Å². The summed E-state index contributed by atoms with van der Waals surface area (Å²) in [6, 6.07) is 1.47. The van der Waals surface area contributed by atoms with Crippen molar-refractivity contribution in [3.8, 4) is 0 Å². The smallest absolute Gasteiger partial charge is 0.292 e. The molecule has 1 aliphatic heterocycles. The zero-order valence-corrected chi connectivity index (χ0v) is 7.77. The maximum Gasteiger partial charge on any atom is 0.292 e. The molecule has 82 valence electrons. The van der Waals surface area contributed by atoms with Crippen LogP contribution in [0.1, 0.15) is 0 Å². The molecule has 0 radical (unpaired) electrons. The molecule has 0 amide bonds. The Kier molecular flexibility index (Phi) is 2.18. The number of aliphatic hydroxyl groups excluding tert-OH is 1. The van der Waals surface area contributed by atoms with E-state index in [4.69, 9.17) is 10.8 Å². The molecule has 2 heterocycles. The zero-order valence-electron chi connectivity index (χ0n) is 7.77. The van der Waals surface area contributed by atoms with E-state index in [9.17, 15) is 8.78 Å². The number of hydrogen-bond acceptors (Lipinski definition) is 5. The van der Waals surface area contributed by atoms with Gasteiger partial charge in [0.15, 0.2) is 0 Å². The topological polar surface area (TPSA) is 75.3 Å². The molecule has 1 aromatic heterocycles. The third-order valence-electron chi connectivity index (χ3n) is 2.23. The van der Waals surface area contributed by atoms with Gasteiger partial charge in [-0.2, -0.15) is 4.98 Å². The summed E-state index contributed by atoms with van der Waals surface area (Å²) in [5, 5.41) is 9.08. The van der Waals surface area contributed by atoms with E-state index < -0.39 is 18.6 Å². The molecule has 15 heavy (non-hydrogen) atoms. The second-order valence-corrected chi connectivity index (χ2v) is 3.44. The summed E-state index contributed by atoms with van der Waals surface area (Å²) in [4.78, 5) is 8.82. The van der Waals surface area contributed by atoms with Crippen LogP contribution in [-0.2, 0) is 0 Å². The summed E-state index contributed by atoms with van der Waals surface area (Å²) < 4.78 is 26.0. The number of nitrogens with zero attached hydrogens (tertiary/aromatic N) is 3. The van der Waals surface area contributed by atoms with Gasteiger partial charge in [-0.25, -0.2) is 13.8 Å². The molecule has 0 saturated carbocycles. The Morgan fingerprint density at radius 1 is 1.60 bits per heavy atom. The van der Waals surface area contributed by atoms with E-state index in [0.29, 0.717) is 0 Å². The molecule has 1 fully saturated rings. The van der Waals surface area contributed by atoms with Crippen molar-refractivity contribution < 1.29 is 13.9 Å². The van der Waals surface area contributed by atoms with Crippen molar-refractivity contribution in [2.75, 3.05) is 23.7 Å². The van der Waals surface area contributed by atoms with Gasteiger partial charge in [-0.3, -0.25) is 0 Å². The van der Waals surface area contributed by atoms with Crippen molar-refractivity contribution in [3.05, 3.63) is 12.3 Å². The van der Waals surface area contributed by atoms with E-state index in [0.717, 1.165) is 0 Å². The normalized spacial score (nSPS) is 24.5. The van der Waals surface area contributed by atoms with Crippen molar-refractivity contribution in [3.63, 3.8) is 0 Å². The van der Waals surface area contributed by atoms with Crippen LogP contribution in [0.4, 0.5) is 20.5 Å². The quantitative estimate of drug-likeness (QED) is 0.684. The van der Waals surface area contributed by atoms with Gasteiger partial charge >= 0.3 is 0 Å². The van der Waals surface area contributed by atoms with Crippen LogP contribution in [0.3, 0.4) is 0 Å². The van der Waals surface area contributed by atoms with Crippen molar-refractivity contribution in [2.24, 2.45) is 0 Å². The van der Waals surface area contributed by atoms with Gasteiger partial charge in [-0.05, 0) is 6.07 Å². The van der Waals surface area contributed by atoms with Crippen LogP contribution in [0.15, 0.2) is 12.3 Å². The number of halogens is 2. The summed E-state index contributed by atoms with van der Waals surface area (Å²) in [5.41, 5.74) is 5.40. The molecule has 0 aromatic carbocycles. The average molecular weight is 216 g/mol. The van der Waals surface area contributed by atoms with Crippen LogP contribution in [-0.4, -0.2) is 40.2 Å². The summed E-state index contributed by atoms with van der Waals surface area (Å²) in [7, 11) is 0. The Morgan fingerprint density at radius 2 is 2.33 bits per heavy atom. The lowest BCUT2D eigenvalue weighted by molar-refractivity contribution is -0.0712. The molecular weight excluding hydrogens is 206 g/mol. The summed E-state index contributed by atoms with van der Waals surface area (Å²) in [6.45, 7) is -0.770. The number of β-amino-alcohol motifs (C(OH)–C–C–N with tert-alkyl or cyclic N) is 1. The lowest BCUT2D eigenvalue weighted by Gasteiger charge is -2.14. The number of aliphatic hydroxyl groups is 1. The van der Waals surface area contributed by atoms with E-state index in [1.54, 1.807) is 0 Å². The molecular formula is C8H10F2N4O. The molecule has 1 aliphatic rings. The first-order valence-corrected chi connectivity index (χ1v) is 4.38. The van der Waals surface area contributed by atoms with Crippen molar-refractivity contribution in [2.45, 2.75) is 12.0 Å². The first-order valence-electron chi connectivity index (χ1n) is 4.38. The highest BCUT2D eigenvalue weighted by Gasteiger charge is 2.48. The van der Waals surface area contributed by atoms with Gasteiger partial charge in [-0.1, -0.05) is 0 Å². The molecule has 3 N–H and O–H groups in total. The van der Waals surface area contributed by atoms with E-state index in [1.807, 2.05) is 0 Å². The third kappa shape index (κ3) is 1.82. The number of alkyl halides is 2. The van der Waals surface area contributed by atoms with Gasteiger partial charge in [0.25, 0.3) is 5.92 Å². The average Bonchev–Trinajstić information content (AvgIpc) is 2.42. The maximum absolute atomic E-state index is 13.0. The fraction of sp³-hybridized carbons (Fsp3) is 0.500. The highest BCUT2D eigenvalue weighted by Crippen LogP contribution is 2.29. The number of aromatic nitrogens is 2. The van der Waals surface area contributed by atoms with Gasteiger partial charge in [-0.15, -0.1) is 0 Å². The summed E-state index contributed by atoms with van der Waals surface area (Å²) in [5.74, 6) is -2.79. The summed E-state index contributed by atoms with van der Waals surface area (Å²) in [6.07, 6.45) is -0.289. The van der Waals surface area contributed by atoms with Crippen LogP contribution in [0, 0.1) is 0 Å². The predicted molar refractivity (Wildman–Crippen MR) is 49.6 cm³/mol. The van der Waals surface area contributed by atoms with Gasteiger partial charge in [0.05, 0.1) is 13.1 Å². The SMILES string of the molecule is Nc1ccnc(N2CC(O)C(F)(F)C2)n1. The van der Waals surface area contributed by atoms with Crippen LogP contribution in [0.5, 0.6) is 0 Å². The molecule has 0 bridgehead atoms. The predicted octanol–water partition coefficient (Wildman–Crippen LogP) is -0.125. The largest absolute Gasteiger partial charge is 0.385 e. The molecule has 0 spiro atoms. The minimum Gasteiger partial charge on any atom is -0.385 e. The van der Waals surface area contributed by atoms with Gasteiger partial charge in [0.2, 0.25) is 5.95 Å². The summed E-state index contributed by atoms with van der Waals surface area (Å²) >= 11 is 0. The van der Waals surface area contributed by atoms with E-state index in [2.05, 4.69) is 9.97 Å². The minimum atomic E-state index is -3.12. The Labute approximate surface area is 84.5 Å². The second-order valence-electron chi connectivity index (χ2n) is 3.44. The van der Waals surface area contributed by atoms with Crippen LogP contribution in [0.25, 0.3) is 0 Å². The lowest BCUT2D eigenvalue weighted by Crippen LogP contribution is -2.31. The van der Waals surface area contributed by atoms with Gasteiger partial charge in [0.1, 0.15) is 11.9 Å². The first kappa shape index (κ1) is 10.0. The molecule has 0 aliphatic carbocycles. The van der Waals surface area contributed by atoms with Gasteiger partial charge in [0, 0.05) is 6.20 Å². The number of rotatable bonds is 1. The minimum absolute atomic E-state index is 0.117. The van der Waals surface area contributed by atoms with Crippen molar-refractivity contribution in [1.29, 1.82) is 0 Å². The first-order chi connectivity index (χ1) is 6.99. The fourth-order valence-corrected chi connectivity index (χ4v) is 1.43. The molecule has 2 rings (SSSR count). The number of nitrogens with two attached hydrogens (primary N) is 1. The molecule has 1 unspecified atom stereocenters. The Bertz CT molecular complexity index is 373. The number of hydrogen-bond donors (Lipinski definition) is 2. The van der Waals surface area contributed by atoms with Gasteiger partial charge < -0.3 is 15.7 Å². The van der Waals surface area contributed by atoms with Crippen LogP contribution >= 0.6 is 0 Å². The second kappa shape index (κ2) is 3.27. The number of nitrogen functional groups attached to an aromatic ring is 1. The molecule has 1 aromatic rings.